The van der Waals surface area contributed by atoms with E-state index in [1.165, 1.54) is 22.2 Å². The average Bonchev–Trinajstić information content (AvgIpc) is 3.23. The fourth-order valence-corrected chi connectivity index (χ4v) is 4.28. The maximum Gasteiger partial charge on any atom is 0.305 e. The molecule has 3 heterocycles. The number of fused-ring (bicyclic) bond motifs is 2. The number of carbonyl (C=O) groups excluding carboxylic acids is 2. The Kier molecular flexibility index (Phi) is 5.13. The normalized spacial score (nSPS) is 11.2. The van der Waals surface area contributed by atoms with Gasteiger partial charge in [0.15, 0.2) is 5.76 Å². The maximum atomic E-state index is 12.7. The predicted molar refractivity (Wildman–Crippen MR) is 115 cm³/mol. The molecule has 0 saturated carbocycles. The highest BCUT2D eigenvalue weighted by Crippen LogP contribution is 2.26. The summed E-state index contributed by atoms with van der Waals surface area (Å²) in [7, 11) is 0. The summed E-state index contributed by atoms with van der Waals surface area (Å²) in [5.74, 6) is -0.824. The van der Waals surface area contributed by atoms with E-state index in [0.29, 0.717) is 21.4 Å². The van der Waals surface area contributed by atoms with E-state index in [2.05, 4.69) is 15.8 Å². The summed E-state index contributed by atoms with van der Waals surface area (Å²) in [4.78, 5) is 43.3. The van der Waals surface area contributed by atoms with E-state index in [1.54, 1.807) is 13.0 Å². The molecule has 0 aliphatic heterocycles. The van der Waals surface area contributed by atoms with E-state index in [0.717, 1.165) is 15.8 Å². The molecule has 2 amide bonds. The third-order valence-corrected chi connectivity index (χ3v) is 6.22. The van der Waals surface area contributed by atoms with Gasteiger partial charge >= 0.3 is 5.91 Å². The number of hydrogen-bond acceptors (Lipinski definition) is 6. The molecule has 30 heavy (non-hydrogen) atoms. The zero-order valence-electron chi connectivity index (χ0n) is 16.7. The molecule has 0 aliphatic carbocycles. The molecule has 0 fully saturated rings. The van der Waals surface area contributed by atoms with E-state index >= 15 is 0 Å². The number of nitrogens with one attached hydrogen (secondary N) is 2. The van der Waals surface area contributed by atoms with Crippen LogP contribution in [0.3, 0.4) is 0 Å². The van der Waals surface area contributed by atoms with Crippen LogP contribution in [0.15, 0.2) is 39.8 Å². The minimum Gasteiger partial charge on any atom is -0.451 e. The molecular formula is C21H20N4O4S. The van der Waals surface area contributed by atoms with Gasteiger partial charge in [0, 0.05) is 28.8 Å². The van der Waals surface area contributed by atoms with Crippen molar-refractivity contribution in [2.45, 2.75) is 33.7 Å². The third kappa shape index (κ3) is 3.48. The third-order valence-electron chi connectivity index (χ3n) is 5.10. The van der Waals surface area contributed by atoms with Crippen LogP contribution >= 0.6 is 11.3 Å². The SMILES string of the molecule is Cc1sc2ncn(CCC(=O)NNC(=O)c3oc4ccccc4c3C)c(=O)c2c1C. The van der Waals surface area contributed by atoms with Gasteiger partial charge in [-0.15, -0.1) is 11.3 Å². The van der Waals surface area contributed by atoms with Crippen LogP contribution in [0.4, 0.5) is 0 Å². The second-order valence-corrected chi connectivity index (χ2v) is 8.21. The van der Waals surface area contributed by atoms with Crippen molar-refractivity contribution in [1.29, 1.82) is 0 Å². The van der Waals surface area contributed by atoms with Gasteiger partial charge in [-0.1, -0.05) is 18.2 Å². The molecule has 0 radical (unpaired) electrons. The Morgan fingerprint density at radius 3 is 2.67 bits per heavy atom. The summed E-state index contributed by atoms with van der Waals surface area (Å²) in [6, 6.07) is 7.32. The molecule has 9 heteroatoms. The lowest BCUT2D eigenvalue weighted by molar-refractivity contribution is -0.122. The predicted octanol–water partition coefficient (Wildman–Crippen LogP) is 2.98. The quantitative estimate of drug-likeness (QED) is 0.490. The van der Waals surface area contributed by atoms with E-state index in [-0.39, 0.29) is 24.3 Å². The number of benzene rings is 1. The second kappa shape index (κ2) is 7.75. The first-order chi connectivity index (χ1) is 14.4. The van der Waals surface area contributed by atoms with Crippen LogP contribution in [-0.4, -0.2) is 21.4 Å². The zero-order chi connectivity index (χ0) is 21.4. The number of aromatic nitrogens is 2. The monoisotopic (exact) mass is 424 g/mol. The first kappa shape index (κ1) is 19.8. The summed E-state index contributed by atoms with van der Waals surface area (Å²) in [6.07, 6.45) is 1.46. The number of hydrogen-bond donors (Lipinski definition) is 2. The molecule has 0 atom stereocenters. The lowest BCUT2D eigenvalue weighted by Crippen LogP contribution is -2.42. The van der Waals surface area contributed by atoms with Crippen LogP contribution in [-0.2, 0) is 11.3 Å². The van der Waals surface area contributed by atoms with Crippen molar-refractivity contribution in [2.75, 3.05) is 0 Å². The summed E-state index contributed by atoms with van der Waals surface area (Å²) in [6.45, 7) is 5.78. The Hall–Kier alpha value is -3.46. The Balaban J connectivity index is 1.39. The van der Waals surface area contributed by atoms with Gasteiger partial charge in [0.2, 0.25) is 5.91 Å². The summed E-state index contributed by atoms with van der Waals surface area (Å²) in [5, 5.41) is 1.43. The number of thiophene rings is 1. The molecule has 0 aliphatic rings. The summed E-state index contributed by atoms with van der Waals surface area (Å²) >= 11 is 1.48. The highest BCUT2D eigenvalue weighted by molar-refractivity contribution is 7.18. The fraction of sp³-hybridized carbons (Fsp3) is 0.238. The molecule has 0 bridgehead atoms. The highest BCUT2D eigenvalue weighted by atomic mass is 32.1. The molecule has 1 aromatic carbocycles. The van der Waals surface area contributed by atoms with Crippen LogP contribution in [0, 0.1) is 20.8 Å². The van der Waals surface area contributed by atoms with Gasteiger partial charge in [-0.25, -0.2) is 4.98 Å². The van der Waals surface area contributed by atoms with Crippen molar-refractivity contribution in [3.8, 4) is 0 Å². The number of amides is 2. The van der Waals surface area contributed by atoms with Gasteiger partial charge in [0.25, 0.3) is 5.56 Å². The summed E-state index contributed by atoms with van der Waals surface area (Å²) < 4.78 is 6.98. The van der Waals surface area contributed by atoms with E-state index in [4.69, 9.17) is 4.42 Å². The molecule has 2 N–H and O–H groups in total. The number of aryl methyl sites for hydroxylation is 4. The number of para-hydroxylation sites is 1. The van der Waals surface area contributed by atoms with Crippen molar-refractivity contribution in [3.05, 3.63) is 62.7 Å². The van der Waals surface area contributed by atoms with Crippen LogP contribution in [0.5, 0.6) is 0 Å². The van der Waals surface area contributed by atoms with E-state index in [1.807, 2.05) is 32.0 Å². The van der Waals surface area contributed by atoms with Gasteiger partial charge in [0.1, 0.15) is 10.4 Å². The fourth-order valence-electron chi connectivity index (χ4n) is 3.29. The van der Waals surface area contributed by atoms with Crippen LogP contribution in [0.1, 0.15) is 33.0 Å². The molecule has 3 aromatic heterocycles. The van der Waals surface area contributed by atoms with E-state index in [9.17, 15) is 14.4 Å². The smallest absolute Gasteiger partial charge is 0.305 e. The lowest BCUT2D eigenvalue weighted by atomic mass is 10.1. The molecule has 4 rings (SSSR count). The van der Waals surface area contributed by atoms with Crippen molar-refractivity contribution in [1.82, 2.24) is 20.4 Å². The van der Waals surface area contributed by atoms with Crippen molar-refractivity contribution in [2.24, 2.45) is 0 Å². The topological polar surface area (TPSA) is 106 Å². The first-order valence-electron chi connectivity index (χ1n) is 9.39. The molecular weight excluding hydrogens is 404 g/mol. The van der Waals surface area contributed by atoms with Gasteiger partial charge < -0.3 is 4.42 Å². The Bertz CT molecular complexity index is 1350. The van der Waals surface area contributed by atoms with Gasteiger partial charge in [0.05, 0.1) is 11.7 Å². The maximum absolute atomic E-state index is 12.7. The lowest BCUT2D eigenvalue weighted by Gasteiger charge is -2.08. The summed E-state index contributed by atoms with van der Waals surface area (Å²) in [5.41, 5.74) is 6.77. The first-order valence-corrected chi connectivity index (χ1v) is 10.2. The molecule has 0 saturated heterocycles. The molecule has 0 unspecified atom stereocenters. The highest BCUT2D eigenvalue weighted by Gasteiger charge is 2.18. The minimum atomic E-state index is -0.540. The van der Waals surface area contributed by atoms with Crippen LogP contribution < -0.4 is 16.4 Å². The number of nitrogens with zero attached hydrogens (tertiary/aromatic N) is 2. The Labute approximate surface area is 175 Å². The van der Waals surface area contributed by atoms with Gasteiger partial charge in [-0.05, 0) is 32.4 Å². The van der Waals surface area contributed by atoms with Crippen LogP contribution in [0.25, 0.3) is 21.2 Å². The van der Waals surface area contributed by atoms with Gasteiger partial charge in [-0.2, -0.15) is 0 Å². The number of carbonyl (C=O) groups is 2. The largest absolute Gasteiger partial charge is 0.451 e. The molecule has 4 aromatic rings. The van der Waals surface area contributed by atoms with Crippen molar-refractivity contribution >= 4 is 44.3 Å². The minimum absolute atomic E-state index is 0.00858. The number of hydrazine groups is 1. The van der Waals surface area contributed by atoms with Crippen molar-refractivity contribution in [3.63, 3.8) is 0 Å². The van der Waals surface area contributed by atoms with E-state index < -0.39 is 11.8 Å². The van der Waals surface area contributed by atoms with Crippen LogP contribution in [0.2, 0.25) is 0 Å². The second-order valence-electron chi connectivity index (χ2n) is 7.01. The Morgan fingerprint density at radius 2 is 1.90 bits per heavy atom. The van der Waals surface area contributed by atoms with Gasteiger partial charge in [-0.3, -0.25) is 29.8 Å². The zero-order valence-corrected chi connectivity index (χ0v) is 17.6. The molecule has 8 nitrogen and oxygen atoms in total. The standard InChI is InChI=1S/C21H20N4O4S/c1-11-13(3)30-20-17(11)21(28)25(10-22-20)9-8-16(26)23-24-19(27)18-12(2)14-6-4-5-7-15(14)29-18/h4-7,10H,8-9H2,1-3H3,(H,23,26)(H,24,27). The number of rotatable bonds is 4. The average molecular weight is 424 g/mol. The number of furan rings is 1. The Morgan fingerprint density at radius 1 is 1.13 bits per heavy atom. The molecule has 154 valence electrons. The molecule has 0 spiro atoms. The van der Waals surface area contributed by atoms with Crippen molar-refractivity contribution < 1.29 is 14.0 Å².